The maximum Gasteiger partial charge on any atom is 0.241 e. The molecule has 1 aliphatic heterocycles. The monoisotopic (exact) mass is 232 g/mol. The lowest BCUT2D eigenvalue weighted by Crippen LogP contribution is -2.33. The molecule has 2 rings (SSSR count). The summed E-state index contributed by atoms with van der Waals surface area (Å²) in [7, 11) is 0. The molecule has 3 heteroatoms. The Morgan fingerprint density at radius 3 is 2.53 bits per heavy atom. The number of rotatable bonds is 2. The number of amides is 1. The number of hydrogen-bond donors (Lipinski definition) is 2. The van der Waals surface area contributed by atoms with Crippen LogP contribution in [0.3, 0.4) is 0 Å². The standard InChI is InChI=1S/C14H20N2O/c1-10(2)11-4-6-12(7-5-11)13-14(17)16-9-3-8-15-13/h4-7,10,13,15H,3,8-9H2,1-2H3,(H,16,17). The molecule has 1 atom stereocenters. The lowest BCUT2D eigenvalue weighted by Gasteiger charge is -2.15. The molecule has 17 heavy (non-hydrogen) atoms. The summed E-state index contributed by atoms with van der Waals surface area (Å²) in [5.41, 5.74) is 2.36. The average Bonchev–Trinajstić information content (AvgIpc) is 2.54. The van der Waals surface area contributed by atoms with Gasteiger partial charge in [-0.2, -0.15) is 0 Å². The van der Waals surface area contributed by atoms with E-state index < -0.39 is 0 Å². The molecule has 1 aromatic carbocycles. The summed E-state index contributed by atoms with van der Waals surface area (Å²) >= 11 is 0. The first kappa shape index (κ1) is 12.1. The molecule has 0 radical (unpaired) electrons. The zero-order valence-electron chi connectivity index (χ0n) is 10.5. The highest BCUT2D eigenvalue weighted by atomic mass is 16.2. The van der Waals surface area contributed by atoms with Gasteiger partial charge in [-0.05, 0) is 30.0 Å². The van der Waals surface area contributed by atoms with Crippen LogP contribution in [0.15, 0.2) is 24.3 Å². The van der Waals surface area contributed by atoms with Crippen molar-refractivity contribution in [2.24, 2.45) is 0 Å². The Hall–Kier alpha value is -1.35. The molecular formula is C14H20N2O. The summed E-state index contributed by atoms with van der Waals surface area (Å²) in [4.78, 5) is 11.9. The molecule has 1 unspecified atom stereocenters. The van der Waals surface area contributed by atoms with E-state index in [0.717, 1.165) is 25.1 Å². The molecule has 3 nitrogen and oxygen atoms in total. The van der Waals surface area contributed by atoms with Crippen LogP contribution in [0, 0.1) is 0 Å². The van der Waals surface area contributed by atoms with Crippen LogP contribution in [-0.4, -0.2) is 19.0 Å². The van der Waals surface area contributed by atoms with Crippen LogP contribution in [0.4, 0.5) is 0 Å². The maximum absolute atomic E-state index is 11.9. The highest BCUT2D eigenvalue weighted by molar-refractivity contribution is 5.83. The van der Waals surface area contributed by atoms with Crippen molar-refractivity contribution in [3.8, 4) is 0 Å². The minimum absolute atomic E-state index is 0.0831. The van der Waals surface area contributed by atoms with Gasteiger partial charge in [-0.15, -0.1) is 0 Å². The van der Waals surface area contributed by atoms with E-state index >= 15 is 0 Å². The van der Waals surface area contributed by atoms with Gasteiger partial charge in [0.25, 0.3) is 0 Å². The second kappa shape index (κ2) is 5.32. The van der Waals surface area contributed by atoms with Gasteiger partial charge in [-0.3, -0.25) is 4.79 Å². The minimum atomic E-state index is -0.196. The van der Waals surface area contributed by atoms with Gasteiger partial charge in [0.15, 0.2) is 0 Å². The number of carbonyl (C=O) groups excluding carboxylic acids is 1. The Labute approximate surface area is 103 Å². The highest BCUT2D eigenvalue weighted by Crippen LogP contribution is 2.19. The first-order valence-electron chi connectivity index (χ1n) is 6.29. The second-order valence-electron chi connectivity index (χ2n) is 4.85. The average molecular weight is 232 g/mol. The predicted molar refractivity (Wildman–Crippen MR) is 68.9 cm³/mol. The van der Waals surface area contributed by atoms with E-state index in [1.807, 2.05) is 0 Å². The van der Waals surface area contributed by atoms with Crippen molar-refractivity contribution < 1.29 is 4.79 Å². The van der Waals surface area contributed by atoms with Crippen molar-refractivity contribution in [1.82, 2.24) is 10.6 Å². The number of nitrogens with one attached hydrogen (secondary N) is 2. The van der Waals surface area contributed by atoms with Crippen LogP contribution in [0.25, 0.3) is 0 Å². The predicted octanol–water partition coefficient (Wildman–Crippen LogP) is 1.96. The normalized spacial score (nSPS) is 21.1. The van der Waals surface area contributed by atoms with Crippen LogP contribution in [0.1, 0.15) is 43.4 Å². The topological polar surface area (TPSA) is 41.1 Å². The van der Waals surface area contributed by atoms with E-state index in [1.54, 1.807) is 0 Å². The molecule has 1 amide bonds. The summed E-state index contributed by atoms with van der Waals surface area (Å²) in [6.07, 6.45) is 0.992. The van der Waals surface area contributed by atoms with E-state index in [1.165, 1.54) is 5.56 Å². The molecule has 92 valence electrons. The second-order valence-corrected chi connectivity index (χ2v) is 4.85. The van der Waals surface area contributed by atoms with Gasteiger partial charge in [-0.1, -0.05) is 38.1 Å². The van der Waals surface area contributed by atoms with Gasteiger partial charge in [0.2, 0.25) is 5.91 Å². The SMILES string of the molecule is CC(C)c1ccc(C2NCCCNC2=O)cc1. The Morgan fingerprint density at radius 1 is 1.18 bits per heavy atom. The molecule has 0 aliphatic carbocycles. The van der Waals surface area contributed by atoms with Gasteiger partial charge < -0.3 is 10.6 Å². The molecule has 1 aliphatic rings. The summed E-state index contributed by atoms with van der Waals surface area (Å²) < 4.78 is 0. The Kier molecular flexibility index (Phi) is 3.79. The largest absolute Gasteiger partial charge is 0.354 e. The first-order chi connectivity index (χ1) is 8.18. The van der Waals surface area contributed by atoms with E-state index in [9.17, 15) is 4.79 Å². The Bertz CT molecular complexity index is 384. The fourth-order valence-corrected chi connectivity index (χ4v) is 2.08. The fourth-order valence-electron chi connectivity index (χ4n) is 2.08. The summed E-state index contributed by atoms with van der Waals surface area (Å²) in [5, 5.41) is 6.21. The summed E-state index contributed by atoms with van der Waals surface area (Å²) in [6, 6.07) is 8.13. The van der Waals surface area contributed by atoms with Crippen LogP contribution in [0.5, 0.6) is 0 Å². The van der Waals surface area contributed by atoms with E-state index in [0.29, 0.717) is 5.92 Å². The first-order valence-corrected chi connectivity index (χ1v) is 6.29. The van der Waals surface area contributed by atoms with E-state index in [2.05, 4.69) is 48.7 Å². The van der Waals surface area contributed by atoms with Gasteiger partial charge in [0, 0.05) is 6.54 Å². The molecule has 1 heterocycles. The highest BCUT2D eigenvalue weighted by Gasteiger charge is 2.21. The molecular weight excluding hydrogens is 212 g/mol. The lowest BCUT2D eigenvalue weighted by atomic mass is 9.99. The Morgan fingerprint density at radius 2 is 1.88 bits per heavy atom. The third kappa shape index (κ3) is 2.86. The van der Waals surface area contributed by atoms with Crippen molar-refractivity contribution >= 4 is 5.91 Å². The van der Waals surface area contributed by atoms with Crippen molar-refractivity contribution in [2.45, 2.75) is 32.2 Å². The molecule has 0 aromatic heterocycles. The molecule has 0 saturated carbocycles. The maximum atomic E-state index is 11.9. The van der Waals surface area contributed by atoms with E-state index in [-0.39, 0.29) is 11.9 Å². The number of carbonyl (C=O) groups is 1. The van der Waals surface area contributed by atoms with Crippen LogP contribution < -0.4 is 10.6 Å². The van der Waals surface area contributed by atoms with Crippen LogP contribution >= 0.6 is 0 Å². The van der Waals surface area contributed by atoms with Crippen molar-refractivity contribution in [3.05, 3.63) is 35.4 Å². The van der Waals surface area contributed by atoms with Gasteiger partial charge in [0.05, 0.1) is 0 Å². The fraction of sp³-hybridized carbons (Fsp3) is 0.500. The van der Waals surface area contributed by atoms with Crippen molar-refractivity contribution in [3.63, 3.8) is 0 Å². The molecule has 0 bridgehead atoms. The van der Waals surface area contributed by atoms with Gasteiger partial charge >= 0.3 is 0 Å². The third-order valence-corrected chi connectivity index (χ3v) is 3.20. The molecule has 0 spiro atoms. The van der Waals surface area contributed by atoms with Crippen LogP contribution in [-0.2, 0) is 4.79 Å². The van der Waals surface area contributed by atoms with E-state index in [4.69, 9.17) is 0 Å². The van der Waals surface area contributed by atoms with Gasteiger partial charge in [-0.25, -0.2) is 0 Å². The zero-order chi connectivity index (χ0) is 12.3. The van der Waals surface area contributed by atoms with Crippen LogP contribution in [0.2, 0.25) is 0 Å². The third-order valence-electron chi connectivity index (χ3n) is 3.20. The number of hydrogen-bond acceptors (Lipinski definition) is 2. The molecule has 1 saturated heterocycles. The lowest BCUT2D eigenvalue weighted by molar-refractivity contribution is -0.122. The molecule has 1 aromatic rings. The molecule has 1 fully saturated rings. The van der Waals surface area contributed by atoms with Crippen molar-refractivity contribution in [2.75, 3.05) is 13.1 Å². The minimum Gasteiger partial charge on any atom is -0.354 e. The summed E-state index contributed by atoms with van der Waals surface area (Å²) in [5.74, 6) is 0.611. The molecule has 2 N–H and O–H groups in total. The Balaban J connectivity index is 2.17. The number of benzene rings is 1. The summed E-state index contributed by atoms with van der Waals surface area (Å²) in [6.45, 7) is 6.00. The quantitative estimate of drug-likeness (QED) is 0.818. The zero-order valence-corrected chi connectivity index (χ0v) is 10.5. The van der Waals surface area contributed by atoms with Gasteiger partial charge in [0.1, 0.15) is 6.04 Å². The smallest absolute Gasteiger partial charge is 0.241 e. The van der Waals surface area contributed by atoms with Crippen molar-refractivity contribution in [1.29, 1.82) is 0 Å².